The van der Waals surface area contributed by atoms with Crippen molar-refractivity contribution in [2.75, 3.05) is 39.7 Å². The van der Waals surface area contributed by atoms with Crippen LogP contribution in [0.3, 0.4) is 0 Å². The predicted molar refractivity (Wildman–Crippen MR) is 164 cm³/mol. The molecule has 0 fully saturated rings. The lowest BCUT2D eigenvalue weighted by atomic mass is 9.91. The number of aliphatic imine (C=N–C) groups is 1. The topological polar surface area (TPSA) is 142 Å². The number of allylic oxidation sites excluding steroid dienone is 1. The average Bonchev–Trinajstić information content (AvgIpc) is 3.36. The summed E-state index contributed by atoms with van der Waals surface area (Å²) in [5.41, 5.74) is 14.6. The molecule has 0 radical (unpaired) electrons. The number of anilines is 2. The molecular weight excluding hydrogens is 532 g/mol. The highest BCUT2D eigenvalue weighted by atomic mass is 16.5. The van der Waals surface area contributed by atoms with Gasteiger partial charge in [-0.3, -0.25) is 14.5 Å². The molecular formula is C31H34N8O3. The van der Waals surface area contributed by atoms with Crippen LogP contribution in [0.2, 0.25) is 0 Å². The molecule has 42 heavy (non-hydrogen) atoms. The van der Waals surface area contributed by atoms with Gasteiger partial charge in [0.05, 0.1) is 36.5 Å². The van der Waals surface area contributed by atoms with Crippen LogP contribution in [0.15, 0.2) is 59.9 Å². The van der Waals surface area contributed by atoms with Crippen molar-refractivity contribution in [2.24, 2.45) is 17.8 Å². The molecule has 0 spiro atoms. The van der Waals surface area contributed by atoms with Crippen molar-refractivity contribution in [3.05, 3.63) is 77.2 Å². The molecule has 0 unspecified atom stereocenters. The molecule has 0 bridgehead atoms. The molecule has 4 N–H and O–H groups in total. The zero-order valence-corrected chi connectivity index (χ0v) is 24.1. The second kappa shape index (κ2) is 12.6. The Balaban J connectivity index is 1.46. The number of aryl methyl sites for hydroxylation is 3. The van der Waals surface area contributed by atoms with E-state index in [4.69, 9.17) is 25.3 Å². The van der Waals surface area contributed by atoms with Gasteiger partial charge in [0.2, 0.25) is 5.95 Å². The number of methoxy groups -OCH3 is 2. The van der Waals surface area contributed by atoms with Crippen molar-refractivity contribution in [3.8, 4) is 28.3 Å². The van der Waals surface area contributed by atoms with Crippen LogP contribution in [0.5, 0.6) is 5.75 Å². The number of nitrogens with two attached hydrogens (primary N) is 1. The maximum Gasteiger partial charge on any atom is 0.251 e. The Morgan fingerprint density at radius 3 is 2.64 bits per heavy atom. The first-order chi connectivity index (χ1) is 20.5. The van der Waals surface area contributed by atoms with Crippen LogP contribution in [-0.2, 0) is 24.6 Å². The van der Waals surface area contributed by atoms with Crippen molar-refractivity contribution in [1.82, 2.24) is 25.1 Å². The van der Waals surface area contributed by atoms with Crippen molar-refractivity contribution in [3.63, 3.8) is 0 Å². The van der Waals surface area contributed by atoms with E-state index in [0.29, 0.717) is 36.1 Å². The lowest BCUT2D eigenvalue weighted by Gasteiger charge is -2.18. The van der Waals surface area contributed by atoms with E-state index in [-0.39, 0.29) is 5.91 Å². The quantitative estimate of drug-likeness (QED) is 0.195. The number of amides is 1. The highest BCUT2D eigenvalue weighted by Crippen LogP contribution is 2.40. The Kier molecular flexibility index (Phi) is 8.58. The SMILES string of the molecule is CN=C/C(=C\N)c1ccc(-c2c3c(nn2C)CCc2cnc(Nc4ccc(C(=O)NCCOC)cc4OC)nc2-3)cc1. The Hall–Kier alpha value is -5.03. The first-order valence-corrected chi connectivity index (χ1v) is 13.6. The summed E-state index contributed by atoms with van der Waals surface area (Å²) >= 11 is 0. The first kappa shape index (κ1) is 28.5. The number of benzene rings is 2. The summed E-state index contributed by atoms with van der Waals surface area (Å²) in [5, 5.41) is 10.9. The number of rotatable bonds is 10. The van der Waals surface area contributed by atoms with Crippen LogP contribution < -0.4 is 21.1 Å². The summed E-state index contributed by atoms with van der Waals surface area (Å²) < 4.78 is 12.5. The van der Waals surface area contributed by atoms with Gasteiger partial charge in [-0.05, 0) is 42.2 Å². The number of ether oxygens (including phenoxy) is 2. The highest BCUT2D eigenvalue weighted by Gasteiger charge is 2.27. The highest BCUT2D eigenvalue weighted by molar-refractivity contribution is 6.09. The molecule has 1 aliphatic carbocycles. The van der Waals surface area contributed by atoms with Gasteiger partial charge in [0.15, 0.2) is 0 Å². The van der Waals surface area contributed by atoms with E-state index in [9.17, 15) is 4.79 Å². The molecule has 2 aromatic carbocycles. The fourth-order valence-electron chi connectivity index (χ4n) is 5.05. The molecule has 2 heterocycles. The molecule has 0 saturated carbocycles. The van der Waals surface area contributed by atoms with Crippen LogP contribution in [0.1, 0.15) is 27.2 Å². The standard InChI is InChI=1S/C31H34N8O3/c1-33-17-23(16-32)19-5-7-20(8-6-19)29-27-25(38-39(29)2)12-10-22-18-35-31(37-28(22)27)36-24-11-9-21(15-26(24)42-4)30(40)34-13-14-41-3/h5-9,11,15-18H,10,12-14,32H2,1-4H3,(H,34,40)(H,35,36,37)/b23-16+,33-17?. The van der Waals surface area contributed by atoms with Gasteiger partial charge in [0.1, 0.15) is 5.75 Å². The average molecular weight is 567 g/mol. The molecule has 2 aromatic heterocycles. The van der Waals surface area contributed by atoms with Gasteiger partial charge in [-0.1, -0.05) is 24.3 Å². The van der Waals surface area contributed by atoms with E-state index in [2.05, 4.69) is 32.7 Å². The number of fused-ring (bicyclic) bond motifs is 3. The Labute approximate surface area is 244 Å². The summed E-state index contributed by atoms with van der Waals surface area (Å²) in [4.78, 5) is 26.1. The normalized spacial score (nSPS) is 12.6. The van der Waals surface area contributed by atoms with Crippen molar-refractivity contribution in [1.29, 1.82) is 0 Å². The first-order valence-electron chi connectivity index (χ1n) is 13.6. The minimum atomic E-state index is -0.208. The molecule has 4 aromatic rings. The molecule has 216 valence electrons. The van der Waals surface area contributed by atoms with Gasteiger partial charge < -0.3 is 25.8 Å². The van der Waals surface area contributed by atoms with Crippen LogP contribution >= 0.6 is 0 Å². The predicted octanol–water partition coefficient (Wildman–Crippen LogP) is 3.77. The van der Waals surface area contributed by atoms with Gasteiger partial charge in [-0.25, -0.2) is 9.97 Å². The second-order valence-corrected chi connectivity index (χ2v) is 9.74. The molecule has 0 atom stereocenters. The lowest BCUT2D eigenvalue weighted by molar-refractivity contribution is 0.0937. The summed E-state index contributed by atoms with van der Waals surface area (Å²) in [6, 6.07) is 13.4. The van der Waals surface area contributed by atoms with E-state index in [0.717, 1.165) is 57.8 Å². The maximum atomic E-state index is 12.5. The number of nitrogens with zero attached hydrogens (tertiary/aromatic N) is 5. The number of carbonyl (C=O) groups is 1. The summed E-state index contributed by atoms with van der Waals surface area (Å²) in [7, 11) is 6.82. The molecule has 11 nitrogen and oxygen atoms in total. The maximum absolute atomic E-state index is 12.5. The van der Waals surface area contributed by atoms with Gasteiger partial charge >= 0.3 is 0 Å². The van der Waals surface area contributed by atoms with Crippen molar-refractivity contribution >= 4 is 29.3 Å². The van der Waals surface area contributed by atoms with Crippen LogP contribution in [0, 0.1) is 0 Å². The Morgan fingerprint density at radius 1 is 1.14 bits per heavy atom. The van der Waals surface area contributed by atoms with Gasteiger partial charge in [0.25, 0.3) is 5.91 Å². The van der Waals surface area contributed by atoms with E-state index in [1.807, 2.05) is 30.1 Å². The Morgan fingerprint density at radius 2 is 1.93 bits per heavy atom. The van der Waals surface area contributed by atoms with Crippen LogP contribution in [0.25, 0.3) is 28.1 Å². The third-order valence-corrected chi connectivity index (χ3v) is 7.09. The molecule has 1 aliphatic rings. The fraction of sp³-hybridized carbons (Fsp3) is 0.258. The summed E-state index contributed by atoms with van der Waals surface area (Å²) in [6.45, 7) is 0.854. The number of nitrogens with one attached hydrogen (secondary N) is 2. The number of carbonyl (C=O) groups excluding carboxylic acids is 1. The van der Waals surface area contributed by atoms with Gasteiger partial charge in [-0.2, -0.15) is 5.10 Å². The number of hydrogen-bond donors (Lipinski definition) is 3. The number of aromatic nitrogens is 4. The number of hydrogen-bond acceptors (Lipinski definition) is 9. The summed E-state index contributed by atoms with van der Waals surface area (Å²) in [5.74, 6) is 0.705. The third kappa shape index (κ3) is 5.72. The van der Waals surface area contributed by atoms with Crippen molar-refractivity contribution in [2.45, 2.75) is 12.8 Å². The third-order valence-electron chi connectivity index (χ3n) is 7.09. The monoisotopic (exact) mass is 566 g/mol. The van der Waals surface area contributed by atoms with Crippen LogP contribution in [0.4, 0.5) is 11.6 Å². The summed E-state index contributed by atoms with van der Waals surface area (Å²) in [6.07, 6.45) is 6.76. The molecule has 0 saturated heterocycles. The zero-order valence-electron chi connectivity index (χ0n) is 24.1. The minimum absolute atomic E-state index is 0.208. The second-order valence-electron chi connectivity index (χ2n) is 9.74. The van der Waals surface area contributed by atoms with Gasteiger partial charge in [-0.15, -0.1) is 0 Å². The van der Waals surface area contributed by atoms with Gasteiger partial charge in [0, 0.05) is 68.6 Å². The minimum Gasteiger partial charge on any atom is -0.495 e. The molecule has 1 amide bonds. The zero-order chi connectivity index (χ0) is 29.6. The van der Waals surface area contributed by atoms with E-state index >= 15 is 0 Å². The lowest BCUT2D eigenvalue weighted by Crippen LogP contribution is -2.26. The van der Waals surface area contributed by atoms with Crippen molar-refractivity contribution < 1.29 is 14.3 Å². The molecule has 0 aliphatic heterocycles. The molecule has 5 rings (SSSR count). The van der Waals surface area contributed by atoms with Crippen LogP contribution in [-0.4, -0.2) is 66.3 Å². The van der Waals surface area contributed by atoms with E-state index in [1.54, 1.807) is 51.9 Å². The molecule has 11 heteroatoms. The fourth-order valence-corrected chi connectivity index (χ4v) is 5.05. The smallest absolute Gasteiger partial charge is 0.251 e. The Bertz CT molecular complexity index is 1660. The van der Waals surface area contributed by atoms with E-state index in [1.165, 1.54) is 0 Å². The largest absolute Gasteiger partial charge is 0.495 e. The van der Waals surface area contributed by atoms with E-state index < -0.39 is 0 Å².